The van der Waals surface area contributed by atoms with Gasteiger partial charge >= 0.3 is 0 Å². The Kier molecular flexibility index (Phi) is 6.35. The zero-order valence-electron chi connectivity index (χ0n) is 17.3. The number of carbonyl (C=O) groups is 1. The number of hydrogen-bond acceptors (Lipinski definition) is 4. The molecule has 30 heavy (non-hydrogen) atoms. The SMILES string of the molecule is COc1cccc(CC(=O)N2CC3(CC(CCOCc4ccccc4F)CO3)C2)c1. The number of hydrogen-bond donors (Lipinski definition) is 0. The molecule has 6 heteroatoms. The number of amides is 1. The minimum Gasteiger partial charge on any atom is -0.497 e. The zero-order chi connectivity index (χ0) is 21.0. The van der Waals surface area contributed by atoms with Crippen LogP contribution in [-0.4, -0.2) is 49.8 Å². The molecule has 0 aliphatic carbocycles. The van der Waals surface area contributed by atoms with E-state index in [1.807, 2.05) is 35.2 Å². The van der Waals surface area contributed by atoms with Crippen LogP contribution in [0.1, 0.15) is 24.0 Å². The third-order valence-corrected chi connectivity index (χ3v) is 5.97. The topological polar surface area (TPSA) is 48.0 Å². The van der Waals surface area contributed by atoms with Gasteiger partial charge in [0.05, 0.1) is 39.8 Å². The Morgan fingerprint density at radius 1 is 1.23 bits per heavy atom. The van der Waals surface area contributed by atoms with Crippen LogP contribution in [-0.2, 0) is 27.3 Å². The first-order valence-electron chi connectivity index (χ1n) is 10.4. The Morgan fingerprint density at radius 3 is 2.87 bits per heavy atom. The van der Waals surface area contributed by atoms with Gasteiger partial charge in [0.2, 0.25) is 5.91 Å². The lowest BCUT2D eigenvalue weighted by atomic mass is 9.85. The molecule has 0 radical (unpaired) electrons. The third kappa shape index (κ3) is 4.82. The van der Waals surface area contributed by atoms with Crippen molar-refractivity contribution in [3.05, 3.63) is 65.5 Å². The first kappa shape index (κ1) is 20.8. The van der Waals surface area contributed by atoms with Gasteiger partial charge in [-0.05, 0) is 42.5 Å². The van der Waals surface area contributed by atoms with Crippen LogP contribution >= 0.6 is 0 Å². The summed E-state index contributed by atoms with van der Waals surface area (Å²) in [6, 6.07) is 14.3. The summed E-state index contributed by atoms with van der Waals surface area (Å²) in [5.74, 6) is 1.07. The molecule has 2 aliphatic rings. The lowest BCUT2D eigenvalue weighted by molar-refractivity contribution is -0.157. The largest absolute Gasteiger partial charge is 0.497 e. The number of likely N-dealkylation sites (tertiary alicyclic amines) is 1. The number of halogens is 1. The third-order valence-electron chi connectivity index (χ3n) is 5.97. The molecule has 2 aromatic carbocycles. The molecule has 0 bridgehead atoms. The van der Waals surface area contributed by atoms with Crippen LogP contribution in [0.5, 0.6) is 5.75 Å². The van der Waals surface area contributed by atoms with Crippen molar-refractivity contribution < 1.29 is 23.4 Å². The van der Waals surface area contributed by atoms with Gasteiger partial charge in [-0.25, -0.2) is 4.39 Å². The summed E-state index contributed by atoms with van der Waals surface area (Å²) in [4.78, 5) is 14.4. The molecule has 5 nitrogen and oxygen atoms in total. The van der Waals surface area contributed by atoms with Crippen LogP contribution in [0.25, 0.3) is 0 Å². The van der Waals surface area contributed by atoms with E-state index >= 15 is 0 Å². The predicted octanol–water partition coefficient (Wildman–Crippen LogP) is 3.60. The van der Waals surface area contributed by atoms with Crippen LogP contribution in [0, 0.1) is 11.7 Å². The molecular formula is C24H28FNO4. The summed E-state index contributed by atoms with van der Waals surface area (Å²) in [6.07, 6.45) is 2.20. The van der Waals surface area contributed by atoms with Gasteiger partial charge < -0.3 is 19.1 Å². The van der Waals surface area contributed by atoms with E-state index in [1.54, 1.807) is 19.2 Å². The summed E-state index contributed by atoms with van der Waals surface area (Å²) >= 11 is 0. The first-order chi connectivity index (χ1) is 14.6. The van der Waals surface area contributed by atoms with Crippen molar-refractivity contribution in [3.63, 3.8) is 0 Å². The van der Waals surface area contributed by atoms with E-state index in [1.165, 1.54) is 6.07 Å². The zero-order valence-corrected chi connectivity index (χ0v) is 17.3. The van der Waals surface area contributed by atoms with Gasteiger partial charge in [-0.3, -0.25) is 4.79 Å². The van der Waals surface area contributed by atoms with Crippen molar-refractivity contribution in [1.29, 1.82) is 0 Å². The minimum absolute atomic E-state index is 0.120. The summed E-state index contributed by atoms with van der Waals surface area (Å²) in [7, 11) is 1.62. The first-order valence-corrected chi connectivity index (χ1v) is 10.4. The second-order valence-electron chi connectivity index (χ2n) is 8.27. The summed E-state index contributed by atoms with van der Waals surface area (Å²) in [5.41, 5.74) is 1.35. The average molecular weight is 413 g/mol. The quantitative estimate of drug-likeness (QED) is 0.621. The molecular weight excluding hydrogens is 385 g/mol. The average Bonchev–Trinajstić information content (AvgIpc) is 3.16. The van der Waals surface area contributed by atoms with E-state index < -0.39 is 0 Å². The van der Waals surface area contributed by atoms with Gasteiger partial charge in [0.25, 0.3) is 0 Å². The highest BCUT2D eigenvalue weighted by molar-refractivity contribution is 5.80. The van der Waals surface area contributed by atoms with E-state index in [-0.39, 0.29) is 23.9 Å². The monoisotopic (exact) mass is 413 g/mol. The maximum atomic E-state index is 13.6. The van der Waals surface area contributed by atoms with Crippen molar-refractivity contribution in [3.8, 4) is 5.75 Å². The number of rotatable bonds is 8. The van der Waals surface area contributed by atoms with E-state index in [0.29, 0.717) is 44.2 Å². The highest BCUT2D eigenvalue weighted by atomic mass is 19.1. The summed E-state index contributed by atoms with van der Waals surface area (Å²) < 4.78 is 30.6. The molecule has 160 valence electrons. The lowest BCUT2D eigenvalue weighted by Crippen LogP contribution is -2.63. The Balaban J connectivity index is 1.17. The van der Waals surface area contributed by atoms with Gasteiger partial charge in [-0.1, -0.05) is 30.3 Å². The van der Waals surface area contributed by atoms with Crippen molar-refractivity contribution in [1.82, 2.24) is 4.90 Å². The number of methoxy groups -OCH3 is 1. The van der Waals surface area contributed by atoms with Gasteiger partial charge in [0.15, 0.2) is 0 Å². The maximum absolute atomic E-state index is 13.6. The molecule has 0 N–H and O–H groups in total. The highest BCUT2D eigenvalue weighted by Gasteiger charge is 2.50. The molecule has 4 rings (SSSR count). The molecule has 1 amide bonds. The number of benzene rings is 2. The molecule has 2 fully saturated rings. The highest BCUT2D eigenvalue weighted by Crippen LogP contribution is 2.39. The van der Waals surface area contributed by atoms with E-state index in [4.69, 9.17) is 14.2 Å². The van der Waals surface area contributed by atoms with Gasteiger partial charge in [0.1, 0.15) is 17.2 Å². The van der Waals surface area contributed by atoms with Crippen molar-refractivity contribution in [2.24, 2.45) is 5.92 Å². The maximum Gasteiger partial charge on any atom is 0.227 e. The molecule has 2 aromatic rings. The van der Waals surface area contributed by atoms with Crippen LogP contribution in [0.3, 0.4) is 0 Å². The Morgan fingerprint density at radius 2 is 2.07 bits per heavy atom. The van der Waals surface area contributed by atoms with Crippen LogP contribution in [0.15, 0.2) is 48.5 Å². The second-order valence-corrected chi connectivity index (χ2v) is 8.27. The number of ether oxygens (including phenoxy) is 3. The lowest BCUT2D eigenvalue weighted by Gasteiger charge is -2.47. The second kappa shape index (κ2) is 9.14. The van der Waals surface area contributed by atoms with Crippen LogP contribution in [0.2, 0.25) is 0 Å². The molecule has 0 aromatic heterocycles. The molecule has 1 unspecified atom stereocenters. The Hall–Kier alpha value is -2.44. The normalized spacial score (nSPS) is 19.7. The minimum atomic E-state index is -0.228. The van der Waals surface area contributed by atoms with Crippen LogP contribution in [0.4, 0.5) is 4.39 Å². The smallest absolute Gasteiger partial charge is 0.227 e. The number of nitrogens with zero attached hydrogens (tertiary/aromatic N) is 1. The standard InChI is InChI=1S/C24H28FNO4/c1-28-21-7-4-5-18(11-21)12-23(27)26-16-24(17-26)13-19(14-30-24)9-10-29-15-20-6-2-3-8-22(20)25/h2-8,11,19H,9-10,12-17H2,1H3. The molecule has 1 atom stereocenters. The predicted molar refractivity (Wildman–Crippen MR) is 111 cm³/mol. The summed E-state index contributed by atoms with van der Waals surface area (Å²) in [6.45, 7) is 2.88. The van der Waals surface area contributed by atoms with E-state index in [9.17, 15) is 9.18 Å². The van der Waals surface area contributed by atoms with Gasteiger partial charge in [-0.15, -0.1) is 0 Å². The van der Waals surface area contributed by atoms with Crippen molar-refractivity contribution >= 4 is 5.91 Å². The molecule has 2 aliphatic heterocycles. The van der Waals surface area contributed by atoms with Crippen molar-refractivity contribution in [2.45, 2.75) is 31.5 Å². The summed E-state index contributed by atoms with van der Waals surface area (Å²) in [5, 5.41) is 0. The fraction of sp³-hybridized carbons (Fsp3) is 0.458. The van der Waals surface area contributed by atoms with E-state index in [2.05, 4.69) is 0 Å². The molecule has 2 saturated heterocycles. The molecule has 0 saturated carbocycles. The van der Waals surface area contributed by atoms with Gasteiger partial charge in [0, 0.05) is 12.2 Å². The fourth-order valence-electron chi connectivity index (χ4n) is 4.29. The Bertz CT molecular complexity index is 881. The Labute approximate surface area is 176 Å². The van der Waals surface area contributed by atoms with Gasteiger partial charge in [-0.2, -0.15) is 0 Å². The molecule has 1 spiro atoms. The number of carbonyl (C=O) groups excluding carboxylic acids is 1. The fourth-order valence-corrected chi connectivity index (χ4v) is 4.29. The van der Waals surface area contributed by atoms with Crippen LogP contribution < -0.4 is 4.74 Å². The molecule has 2 heterocycles. The van der Waals surface area contributed by atoms with E-state index in [0.717, 1.165) is 24.2 Å². The van der Waals surface area contributed by atoms with Crippen molar-refractivity contribution in [2.75, 3.05) is 33.4 Å².